The van der Waals surface area contributed by atoms with Gasteiger partial charge in [0, 0.05) is 0 Å². The van der Waals surface area contributed by atoms with E-state index in [0.29, 0.717) is 5.41 Å². The van der Waals surface area contributed by atoms with Gasteiger partial charge in [0.2, 0.25) is 0 Å². The van der Waals surface area contributed by atoms with Crippen LogP contribution in [-0.2, 0) is 0 Å². The Morgan fingerprint density at radius 3 is 2.67 bits per heavy atom. The van der Waals surface area contributed by atoms with Crippen molar-refractivity contribution in [1.29, 1.82) is 0 Å². The minimum absolute atomic E-state index is 0.589. The number of hydrogen-bond donors (Lipinski definition) is 0. The third kappa shape index (κ3) is 1.14. The van der Waals surface area contributed by atoms with Crippen molar-refractivity contribution in [3.05, 3.63) is 12.2 Å². The van der Waals surface area contributed by atoms with Crippen LogP contribution < -0.4 is 0 Å². The lowest BCUT2D eigenvalue weighted by Crippen LogP contribution is -2.26. The van der Waals surface area contributed by atoms with Crippen molar-refractivity contribution in [3.63, 3.8) is 0 Å². The van der Waals surface area contributed by atoms with Crippen LogP contribution in [0.4, 0.5) is 0 Å². The summed E-state index contributed by atoms with van der Waals surface area (Å²) in [6.07, 6.45) is 5.69. The van der Waals surface area contributed by atoms with Crippen LogP contribution in [0.5, 0.6) is 0 Å². The minimum atomic E-state index is 0.589. The Morgan fingerprint density at radius 1 is 1.20 bits per heavy atom. The fourth-order valence-corrected chi connectivity index (χ4v) is 5.24. The molecule has 0 radical (unpaired) electrons. The molecule has 15 heavy (non-hydrogen) atoms. The van der Waals surface area contributed by atoms with Crippen molar-refractivity contribution in [2.75, 3.05) is 0 Å². The summed E-state index contributed by atoms with van der Waals surface area (Å²) in [6.45, 7) is 11.9. The number of allylic oxidation sites excluding steroid dienone is 1. The van der Waals surface area contributed by atoms with Crippen molar-refractivity contribution in [1.82, 2.24) is 0 Å². The predicted octanol–water partition coefficient (Wildman–Crippen LogP) is 4.27. The maximum absolute atomic E-state index is 4.36. The van der Waals surface area contributed by atoms with Gasteiger partial charge >= 0.3 is 0 Å². The Kier molecular flexibility index (Phi) is 1.92. The normalized spacial score (nSPS) is 51.9. The summed E-state index contributed by atoms with van der Waals surface area (Å²) in [5.74, 6) is 4.84. The van der Waals surface area contributed by atoms with E-state index >= 15 is 0 Å². The summed E-state index contributed by atoms with van der Waals surface area (Å²) in [7, 11) is 0. The first-order chi connectivity index (χ1) is 7.02. The summed E-state index contributed by atoms with van der Waals surface area (Å²) in [5, 5.41) is 0. The maximum Gasteiger partial charge on any atom is -0.0139 e. The topological polar surface area (TPSA) is 0 Å². The Balaban J connectivity index is 2.00. The second-order valence-electron chi connectivity index (χ2n) is 6.96. The summed E-state index contributed by atoms with van der Waals surface area (Å²) >= 11 is 0. The fourth-order valence-electron chi connectivity index (χ4n) is 5.24. The second-order valence-corrected chi connectivity index (χ2v) is 6.96. The first-order valence-corrected chi connectivity index (χ1v) is 6.70. The van der Waals surface area contributed by atoms with E-state index in [1.807, 2.05) is 0 Å². The lowest BCUT2D eigenvalue weighted by atomic mass is 9.73. The predicted molar refractivity (Wildman–Crippen MR) is 64.5 cm³/mol. The van der Waals surface area contributed by atoms with Gasteiger partial charge in [0.25, 0.3) is 0 Å². The van der Waals surface area contributed by atoms with E-state index in [-0.39, 0.29) is 0 Å². The largest absolute Gasteiger partial charge is 0.0996 e. The van der Waals surface area contributed by atoms with Crippen molar-refractivity contribution in [3.8, 4) is 0 Å². The highest BCUT2D eigenvalue weighted by atomic mass is 14.6. The molecule has 3 rings (SSSR count). The summed E-state index contributed by atoms with van der Waals surface area (Å²) in [5.41, 5.74) is 2.18. The van der Waals surface area contributed by atoms with Crippen LogP contribution in [0.25, 0.3) is 0 Å². The van der Waals surface area contributed by atoms with E-state index in [1.54, 1.807) is 5.57 Å². The number of hydrogen-bond acceptors (Lipinski definition) is 0. The molecule has 3 aliphatic carbocycles. The molecule has 84 valence electrons. The van der Waals surface area contributed by atoms with E-state index in [9.17, 15) is 0 Å². The lowest BCUT2D eigenvalue weighted by Gasteiger charge is -2.32. The van der Waals surface area contributed by atoms with Gasteiger partial charge in [-0.2, -0.15) is 0 Å². The molecule has 0 amide bonds. The molecule has 0 unspecified atom stereocenters. The van der Waals surface area contributed by atoms with Crippen LogP contribution in [-0.4, -0.2) is 0 Å². The summed E-state index contributed by atoms with van der Waals surface area (Å²) in [6, 6.07) is 0. The van der Waals surface area contributed by atoms with Gasteiger partial charge in [0.05, 0.1) is 0 Å². The summed E-state index contributed by atoms with van der Waals surface area (Å²) < 4.78 is 0. The van der Waals surface area contributed by atoms with Gasteiger partial charge in [-0.05, 0) is 60.7 Å². The molecule has 0 spiro atoms. The van der Waals surface area contributed by atoms with Crippen molar-refractivity contribution in [2.24, 2.45) is 35.0 Å². The van der Waals surface area contributed by atoms with Crippen LogP contribution >= 0.6 is 0 Å². The smallest absolute Gasteiger partial charge is 0.0139 e. The number of fused-ring (bicyclic) bond motifs is 3. The van der Waals surface area contributed by atoms with Gasteiger partial charge in [0.15, 0.2) is 0 Å². The molecular formula is C15H24. The lowest BCUT2D eigenvalue weighted by molar-refractivity contribution is 0.193. The molecule has 0 heteroatoms. The van der Waals surface area contributed by atoms with Gasteiger partial charge in [-0.25, -0.2) is 0 Å². The molecule has 3 fully saturated rings. The molecular weight excluding hydrogens is 180 g/mol. The van der Waals surface area contributed by atoms with E-state index < -0.39 is 0 Å². The SMILES string of the molecule is C=C1CC[C@@H]2[C@@H](C)[C@H]3CCC(C)(C)[C@H]3[C@H]12. The van der Waals surface area contributed by atoms with E-state index in [4.69, 9.17) is 0 Å². The van der Waals surface area contributed by atoms with Crippen LogP contribution in [0, 0.1) is 35.0 Å². The molecule has 0 saturated heterocycles. The molecule has 0 bridgehead atoms. The zero-order chi connectivity index (χ0) is 10.8. The van der Waals surface area contributed by atoms with Crippen molar-refractivity contribution >= 4 is 0 Å². The van der Waals surface area contributed by atoms with E-state index in [0.717, 1.165) is 29.6 Å². The average Bonchev–Trinajstić information content (AvgIpc) is 2.73. The monoisotopic (exact) mass is 204 g/mol. The Bertz CT molecular complexity index is 299. The molecule has 5 atom stereocenters. The molecule has 0 aromatic heterocycles. The van der Waals surface area contributed by atoms with Gasteiger partial charge in [-0.15, -0.1) is 0 Å². The maximum atomic E-state index is 4.36. The first kappa shape index (κ1) is 9.93. The van der Waals surface area contributed by atoms with Gasteiger partial charge < -0.3 is 0 Å². The highest BCUT2D eigenvalue weighted by Gasteiger charge is 2.58. The van der Waals surface area contributed by atoms with E-state index in [2.05, 4.69) is 27.4 Å². The highest BCUT2D eigenvalue weighted by Crippen LogP contribution is 2.66. The average molecular weight is 204 g/mol. The zero-order valence-corrected chi connectivity index (χ0v) is 10.4. The van der Waals surface area contributed by atoms with Gasteiger partial charge in [0.1, 0.15) is 0 Å². The zero-order valence-electron chi connectivity index (χ0n) is 10.4. The van der Waals surface area contributed by atoms with E-state index in [1.165, 1.54) is 25.7 Å². The van der Waals surface area contributed by atoms with Crippen LogP contribution in [0.15, 0.2) is 12.2 Å². The molecule has 0 nitrogen and oxygen atoms in total. The van der Waals surface area contributed by atoms with Crippen molar-refractivity contribution < 1.29 is 0 Å². The van der Waals surface area contributed by atoms with Gasteiger partial charge in [-0.1, -0.05) is 32.9 Å². The molecule has 0 aliphatic heterocycles. The molecule has 3 aliphatic rings. The Labute approximate surface area is 94.1 Å². The molecule has 0 aromatic carbocycles. The molecule has 0 aromatic rings. The van der Waals surface area contributed by atoms with Crippen LogP contribution in [0.3, 0.4) is 0 Å². The van der Waals surface area contributed by atoms with Gasteiger partial charge in [-0.3, -0.25) is 0 Å². The highest BCUT2D eigenvalue weighted by molar-refractivity contribution is 5.20. The molecule has 3 saturated carbocycles. The first-order valence-electron chi connectivity index (χ1n) is 6.70. The third-order valence-corrected chi connectivity index (χ3v) is 5.95. The standard InChI is InChI=1S/C15H24/c1-9-5-6-11-10(2)12-7-8-15(3,4)14(12)13(9)11/h10-14H,1,5-8H2,2-4H3/t10-,11-,12-,13-,14-/m1/s1. The quantitative estimate of drug-likeness (QED) is 0.517. The summed E-state index contributed by atoms with van der Waals surface area (Å²) in [4.78, 5) is 0. The second kappa shape index (κ2) is 2.90. The fraction of sp³-hybridized carbons (Fsp3) is 0.867. The Morgan fingerprint density at radius 2 is 1.93 bits per heavy atom. The Hall–Kier alpha value is -0.260. The number of rotatable bonds is 0. The molecule has 0 N–H and O–H groups in total. The minimum Gasteiger partial charge on any atom is -0.0996 e. The van der Waals surface area contributed by atoms with Crippen molar-refractivity contribution in [2.45, 2.75) is 46.5 Å². The van der Waals surface area contributed by atoms with Crippen LogP contribution in [0.2, 0.25) is 0 Å². The molecule has 0 heterocycles. The third-order valence-electron chi connectivity index (χ3n) is 5.95. The van der Waals surface area contributed by atoms with Crippen LogP contribution in [0.1, 0.15) is 46.5 Å².